The van der Waals surface area contributed by atoms with E-state index in [-0.39, 0.29) is 5.69 Å². The SMILES string of the molecule is Cc1ccc(NS(=O)(=O)c2cc(N)ccc2F)c(C)n1. The monoisotopic (exact) mass is 295 g/mol. The molecule has 20 heavy (non-hydrogen) atoms. The van der Waals surface area contributed by atoms with E-state index in [4.69, 9.17) is 5.73 Å². The van der Waals surface area contributed by atoms with Gasteiger partial charge in [0.15, 0.2) is 0 Å². The third kappa shape index (κ3) is 2.88. The number of halogens is 1. The fourth-order valence-corrected chi connectivity index (χ4v) is 2.95. The first-order valence-corrected chi connectivity index (χ1v) is 7.30. The van der Waals surface area contributed by atoms with Crippen LogP contribution in [0, 0.1) is 19.7 Å². The molecule has 7 heteroatoms. The highest BCUT2D eigenvalue weighted by Crippen LogP contribution is 2.22. The summed E-state index contributed by atoms with van der Waals surface area (Å²) in [7, 11) is -4.05. The fourth-order valence-electron chi connectivity index (χ4n) is 1.72. The molecule has 0 spiro atoms. The normalized spacial score (nSPS) is 11.3. The molecule has 1 heterocycles. The molecule has 0 atom stereocenters. The number of nitrogens with two attached hydrogens (primary N) is 1. The predicted molar refractivity (Wildman–Crippen MR) is 75.3 cm³/mol. The first kappa shape index (κ1) is 14.3. The molecule has 0 unspecified atom stereocenters. The molecule has 0 fully saturated rings. The molecule has 2 aromatic rings. The third-order valence-corrected chi connectivity index (χ3v) is 4.09. The van der Waals surface area contributed by atoms with Crippen LogP contribution in [0.2, 0.25) is 0 Å². The number of anilines is 2. The van der Waals surface area contributed by atoms with Gasteiger partial charge in [0.25, 0.3) is 10.0 Å². The van der Waals surface area contributed by atoms with Crippen LogP contribution in [0.5, 0.6) is 0 Å². The molecule has 2 rings (SSSR count). The van der Waals surface area contributed by atoms with Crippen LogP contribution in [0.15, 0.2) is 35.2 Å². The van der Waals surface area contributed by atoms with Gasteiger partial charge < -0.3 is 5.73 Å². The Hall–Kier alpha value is -2.15. The number of benzene rings is 1. The number of nitrogens with zero attached hydrogens (tertiary/aromatic N) is 1. The summed E-state index contributed by atoms with van der Waals surface area (Å²) >= 11 is 0. The summed E-state index contributed by atoms with van der Waals surface area (Å²) in [5, 5.41) is 0. The van der Waals surface area contributed by atoms with Gasteiger partial charge in [-0.2, -0.15) is 0 Å². The van der Waals surface area contributed by atoms with Gasteiger partial charge in [0.1, 0.15) is 10.7 Å². The highest BCUT2D eigenvalue weighted by Gasteiger charge is 2.20. The zero-order valence-electron chi connectivity index (χ0n) is 11.0. The Kier molecular flexibility index (Phi) is 3.63. The zero-order chi connectivity index (χ0) is 14.9. The molecule has 0 saturated heterocycles. The molecule has 1 aromatic heterocycles. The highest BCUT2D eigenvalue weighted by molar-refractivity contribution is 7.92. The van der Waals surface area contributed by atoms with Crippen molar-refractivity contribution in [1.29, 1.82) is 0 Å². The first-order chi connectivity index (χ1) is 9.29. The average Bonchev–Trinajstić information content (AvgIpc) is 2.35. The van der Waals surface area contributed by atoms with Crippen molar-refractivity contribution in [3.63, 3.8) is 0 Å². The number of nitrogen functional groups attached to an aromatic ring is 1. The van der Waals surface area contributed by atoms with Gasteiger partial charge >= 0.3 is 0 Å². The van der Waals surface area contributed by atoms with Crippen molar-refractivity contribution in [2.24, 2.45) is 0 Å². The van der Waals surface area contributed by atoms with Crippen LogP contribution < -0.4 is 10.5 Å². The lowest BCUT2D eigenvalue weighted by atomic mass is 10.3. The van der Waals surface area contributed by atoms with Gasteiger partial charge in [-0.05, 0) is 44.2 Å². The lowest BCUT2D eigenvalue weighted by molar-refractivity contribution is 0.570. The van der Waals surface area contributed by atoms with Crippen LogP contribution in [0.1, 0.15) is 11.4 Å². The van der Waals surface area contributed by atoms with Crippen molar-refractivity contribution in [3.05, 3.63) is 47.5 Å². The van der Waals surface area contributed by atoms with Gasteiger partial charge in [-0.3, -0.25) is 9.71 Å². The Bertz CT molecular complexity index is 760. The number of sulfonamides is 1. The van der Waals surface area contributed by atoms with Crippen molar-refractivity contribution >= 4 is 21.4 Å². The molecule has 0 aliphatic heterocycles. The second kappa shape index (κ2) is 5.09. The molecule has 5 nitrogen and oxygen atoms in total. The van der Waals surface area contributed by atoms with Crippen LogP contribution in [-0.4, -0.2) is 13.4 Å². The second-order valence-electron chi connectivity index (χ2n) is 4.38. The van der Waals surface area contributed by atoms with Crippen LogP contribution >= 0.6 is 0 Å². The Morgan fingerprint density at radius 2 is 1.90 bits per heavy atom. The molecule has 1 aromatic carbocycles. The van der Waals surface area contributed by atoms with Crippen LogP contribution in [0.3, 0.4) is 0 Å². The maximum absolute atomic E-state index is 13.6. The first-order valence-electron chi connectivity index (χ1n) is 5.82. The lowest BCUT2D eigenvalue weighted by Gasteiger charge is -2.11. The van der Waals surface area contributed by atoms with E-state index in [1.165, 1.54) is 6.07 Å². The Morgan fingerprint density at radius 1 is 1.20 bits per heavy atom. The van der Waals surface area contributed by atoms with E-state index in [2.05, 4.69) is 9.71 Å². The second-order valence-corrected chi connectivity index (χ2v) is 6.03. The zero-order valence-corrected chi connectivity index (χ0v) is 11.8. The summed E-state index contributed by atoms with van der Waals surface area (Å²) < 4.78 is 40.3. The quantitative estimate of drug-likeness (QED) is 0.850. The largest absolute Gasteiger partial charge is 0.399 e. The van der Waals surface area contributed by atoms with Crippen LogP contribution in [0.4, 0.5) is 15.8 Å². The molecule has 106 valence electrons. The van der Waals surface area contributed by atoms with Crippen molar-refractivity contribution in [3.8, 4) is 0 Å². The molecule has 0 saturated carbocycles. The van der Waals surface area contributed by atoms with Crippen molar-refractivity contribution < 1.29 is 12.8 Å². The topological polar surface area (TPSA) is 85.1 Å². The van der Waals surface area contributed by atoms with Crippen molar-refractivity contribution in [1.82, 2.24) is 4.98 Å². The van der Waals surface area contributed by atoms with Crippen molar-refractivity contribution in [2.75, 3.05) is 10.5 Å². The summed E-state index contributed by atoms with van der Waals surface area (Å²) in [5.74, 6) is -0.857. The van der Waals surface area contributed by atoms with E-state index >= 15 is 0 Å². The van der Waals surface area contributed by atoms with Crippen LogP contribution in [-0.2, 0) is 10.0 Å². The van der Waals surface area contributed by atoms with Crippen LogP contribution in [0.25, 0.3) is 0 Å². The molecule has 0 bridgehead atoms. The third-order valence-electron chi connectivity index (χ3n) is 2.71. The van der Waals surface area contributed by atoms with Gasteiger partial charge in [0.05, 0.1) is 11.4 Å². The minimum Gasteiger partial charge on any atom is -0.399 e. The van der Waals surface area contributed by atoms with E-state index in [1.54, 1.807) is 26.0 Å². The summed E-state index contributed by atoms with van der Waals surface area (Å²) in [6, 6.07) is 6.64. The molecular formula is C13H14FN3O2S. The number of pyridine rings is 1. The summed E-state index contributed by atoms with van der Waals surface area (Å²) in [6.07, 6.45) is 0. The van der Waals surface area contributed by atoms with E-state index in [1.807, 2.05) is 0 Å². The van der Waals surface area contributed by atoms with Gasteiger partial charge in [0.2, 0.25) is 0 Å². The summed E-state index contributed by atoms with van der Waals surface area (Å²) in [6.45, 7) is 3.46. The Balaban J connectivity index is 2.43. The average molecular weight is 295 g/mol. The minimum absolute atomic E-state index is 0.172. The fraction of sp³-hybridized carbons (Fsp3) is 0.154. The number of nitrogens with one attached hydrogen (secondary N) is 1. The van der Waals surface area contributed by atoms with Gasteiger partial charge in [-0.15, -0.1) is 0 Å². The molecule has 0 aliphatic rings. The van der Waals surface area contributed by atoms with Crippen molar-refractivity contribution in [2.45, 2.75) is 18.7 Å². The minimum atomic E-state index is -4.05. The van der Waals surface area contributed by atoms with E-state index in [0.717, 1.165) is 17.8 Å². The molecule has 3 N–H and O–H groups in total. The smallest absolute Gasteiger partial charge is 0.264 e. The number of aromatic nitrogens is 1. The molecule has 0 radical (unpaired) electrons. The standard InChI is InChI=1S/C13H14FN3O2S/c1-8-3-6-12(9(2)16-8)17-20(18,19)13-7-10(15)4-5-11(13)14/h3-7,17H,15H2,1-2H3. The Morgan fingerprint density at radius 3 is 2.55 bits per heavy atom. The van der Waals surface area contributed by atoms with E-state index in [0.29, 0.717) is 11.4 Å². The molecular weight excluding hydrogens is 281 g/mol. The van der Waals surface area contributed by atoms with E-state index in [9.17, 15) is 12.8 Å². The Labute approximate surface area is 116 Å². The van der Waals surface area contributed by atoms with Gasteiger partial charge in [-0.25, -0.2) is 12.8 Å². The number of hydrogen-bond donors (Lipinski definition) is 2. The summed E-state index contributed by atoms with van der Waals surface area (Å²) in [4.78, 5) is 3.66. The predicted octanol–water partition coefficient (Wildman–Crippen LogP) is 2.22. The highest BCUT2D eigenvalue weighted by atomic mass is 32.2. The number of rotatable bonds is 3. The maximum atomic E-state index is 13.6. The lowest BCUT2D eigenvalue weighted by Crippen LogP contribution is -2.16. The van der Waals surface area contributed by atoms with E-state index < -0.39 is 20.7 Å². The van der Waals surface area contributed by atoms with Gasteiger partial charge in [0, 0.05) is 11.4 Å². The molecule has 0 aliphatic carbocycles. The van der Waals surface area contributed by atoms with Gasteiger partial charge in [-0.1, -0.05) is 0 Å². The molecule has 0 amide bonds. The summed E-state index contributed by atoms with van der Waals surface area (Å²) in [5.41, 5.74) is 7.25. The number of aryl methyl sites for hydroxylation is 2. The maximum Gasteiger partial charge on any atom is 0.264 e. The number of hydrogen-bond acceptors (Lipinski definition) is 4.